The molecule has 2 aromatic rings. The summed E-state index contributed by atoms with van der Waals surface area (Å²) in [6.45, 7) is 0.722. The third-order valence-electron chi connectivity index (χ3n) is 3.87. The minimum absolute atomic E-state index is 0.0237. The van der Waals surface area contributed by atoms with E-state index in [1.165, 1.54) is 0 Å². The molecule has 2 rings (SSSR count). The fraction of sp³-hybridized carbons (Fsp3) is 0.300. The number of hydrogen-bond acceptors (Lipinski definition) is 4. The molecule has 0 aliphatic carbocycles. The zero-order valence-corrected chi connectivity index (χ0v) is 15.8. The van der Waals surface area contributed by atoms with Crippen LogP contribution in [0.1, 0.15) is 24.0 Å². The average Bonchev–Trinajstić information content (AvgIpc) is 2.66. The topological polar surface area (TPSA) is 84.9 Å². The standard InChI is InChI=1S/C20H22ClNO5/c1-26-17-7-6-14(10-11-22-19(23)8-9-20(24)25)12-18(17)27-13-15-4-2-3-5-16(15)21/h2-7,12H,8-11,13H2,1H3,(H,22,23)(H,24,25). The summed E-state index contributed by atoms with van der Waals surface area (Å²) in [5.74, 6) is -0.0647. The molecule has 0 heterocycles. The molecule has 0 aliphatic rings. The van der Waals surface area contributed by atoms with E-state index in [4.69, 9.17) is 26.2 Å². The summed E-state index contributed by atoms with van der Waals surface area (Å²) in [4.78, 5) is 22.0. The van der Waals surface area contributed by atoms with Crippen molar-refractivity contribution in [3.05, 3.63) is 58.6 Å². The number of carboxylic acids is 1. The van der Waals surface area contributed by atoms with Gasteiger partial charge < -0.3 is 19.9 Å². The number of amides is 1. The minimum atomic E-state index is -0.986. The van der Waals surface area contributed by atoms with Crippen molar-refractivity contribution in [2.75, 3.05) is 13.7 Å². The Bertz CT molecular complexity index is 794. The van der Waals surface area contributed by atoms with Crippen molar-refractivity contribution in [2.45, 2.75) is 25.9 Å². The third kappa shape index (κ3) is 6.83. The number of benzene rings is 2. The number of methoxy groups -OCH3 is 1. The molecule has 0 fully saturated rings. The Hall–Kier alpha value is -2.73. The van der Waals surface area contributed by atoms with E-state index in [0.29, 0.717) is 36.1 Å². The van der Waals surface area contributed by atoms with Gasteiger partial charge in [0.1, 0.15) is 6.61 Å². The van der Waals surface area contributed by atoms with Gasteiger partial charge in [0.2, 0.25) is 5.91 Å². The maximum atomic E-state index is 11.6. The van der Waals surface area contributed by atoms with Gasteiger partial charge >= 0.3 is 5.97 Å². The Kier molecular flexibility index (Phi) is 7.95. The van der Waals surface area contributed by atoms with Crippen LogP contribution in [0.2, 0.25) is 5.02 Å². The first-order valence-corrected chi connectivity index (χ1v) is 8.89. The molecule has 1 amide bonds. The number of hydrogen-bond donors (Lipinski definition) is 2. The first-order valence-electron chi connectivity index (χ1n) is 8.51. The molecule has 0 radical (unpaired) electrons. The van der Waals surface area contributed by atoms with Crippen LogP contribution in [-0.4, -0.2) is 30.6 Å². The first kappa shape index (κ1) is 20.6. The van der Waals surface area contributed by atoms with Gasteiger partial charge in [-0.25, -0.2) is 0 Å². The smallest absolute Gasteiger partial charge is 0.303 e. The molecule has 2 N–H and O–H groups in total. The van der Waals surface area contributed by atoms with E-state index in [-0.39, 0.29) is 18.7 Å². The number of nitrogens with one attached hydrogen (secondary N) is 1. The normalized spacial score (nSPS) is 10.3. The molecule has 7 heteroatoms. The van der Waals surface area contributed by atoms with Crippen LogP contribution in [0, 0.1) is 0 Å². The summed E-state index contributed by atoms with van der Waals surface area (Å²) in [6.07, 6.45) is 0.393. The molecule has 144 valence electrons. The number of ether oxygens (including phenoxy) is 2. The maximum Gasteiger partial charge on any atom is 0.303 e. The summed E-state index contributed by atoms with van der Waals surface area (Å²) >= 11 is 6.15. The second-order valence-corrected chi connectivity index (χ2v) is 6.27. The van der Waals surface area contributed by atoms with Crippen LogP contribution >= 0.6 is 11.6 Å². The Morgan fingerprint density at radius 2 is 1.89 bits per heavy atom. The average molecular weight is 392 g/mol. The predicted octanol–water partition coefficient (Wildman–Crippen LogP) is 3.45. The van der Waals surface area contributed by atoms with E-state index in [1.54, 1.807) is 13.2 Å². The highest BCUT2D eigenvalue weighted by molar-refractivity contribution is 6.31. The summed E-state index contributed by atoms with van der Waals surface area (Å²) < 4.78 is 11.2. The summed E-state index contributed by atoms with van der Waals surface area (Å²) in [5, 5.41) is 11.9. The van der Waals surface area contributed by atoms with Crippen LogP contribution in [0.4, 0.5) is 0 Å². The quantitative estimate of drug-likeness (QED) is 0.648. The lowest BCUT2D eigenvalue weighted by molar-refractivity contribution is -0.138. The van der Waals surface area contributed by atoms with Crippen LogP contribution < -0.4 is 14.8 Å². The molecule has 0 bridgehead atoms. The Balaban J connectivity index is 1.93. The molecule has 2 aromatic carbocycles. The van der Waals surface area contributed by atoms with E-state index in [9.17, 15) is 9.59 Å². The maximum absolute atomic E-state index is 11.6. The monoisotopic (exact) mass is 391 g/mol. The molecule has 0 saturated carbocycles. The SMILES string of the molecule is COc1ccc(CCNC(=O)CCC(=O)O)cc1OCc1ccccc1Cl. The van der Waals surface area contributed by atoms with Gasteiger partial charge in [-0.15, -0.1) is 0 Å². The van der Waals surface area contributed by atoms with Gasteiger partial charge in [-0.05, 0) is 30.2 Å². The molecule has 6 nitrogen and oxygen atoms in total. The molecule has 0 atom stereocenters. The summed E-state index contributed by atoms with van der Waals surface area (Å²) in [7, 11) is 1.57. The number of carbonyl (C=O) groups is 2. The van der Waals surface area contributed by atoms with E-state index >= 15 is 0 Å². The van der Waals surface area contributed by atoms with E-state index in [0.717, 1.165) is 11.1 Å². The Morgan fingerprint density at radius 1 is 1.11 bits per heavy atom. The van der Waals surface area contributed by atoms with Crippen LogP contribution in [0.25, 0.3) is 0 Å². The molecule has 0 aliphatic heterocycles. The molecule has 0 unspecified atom stereocenters. The van der Waals surface area contributed by atoms with E-state index in [1.807, 2.05) is 36.4 Å². The van der Waals surface area contributed by atoms with Gasteiger partial charge in [0.15, 0.2) is 11.5 Å². The predicted molar refractivity (Wildman–Crippen MR) is 102 cm³/mol. The number of halogens is 1. The van der Waals surface area contributed by atoms with Crippen molar-refractivity contribution in [1.29, 1.82) is 0 Å². The minimum Gasteiger partial charge on any atom is -0.493 e. The Morgan fingerprint density at radius 3 is 2.59 bits per heavy atom. The highest BCUT2D eigenvalue weighted by atomic mass is 35.5. The third-order valence-corrected chi connectivity index (χ3v) is 4.24. The van der Waals surface area contributed by atoms with Crippen LogP contribution in [0.5, 0.6) is 11.5 Å². The second-order valence-electron chi connectivity index (χ2n) is 5.86. The lowest BCUT2D eigenvalue weighted by Gasteiger charge is -2.13. The van der Waals surface area contributed by atoms with Gasteiger partial charge in [-0.1, -0.05) is 35.9 Å². The zero-order valence-electron chi connectivity index (χ0n) is 15.0. The largest absolute Gasteiger partial charge is 0.493 e. The number of rotatable bonds is 10. The molecule has 0 saturated heterocycles. The number of carboxylic acid groups (broad SMARTS) is 1. The highest BCUT2D eigenvalue weighted by Crippen LogP contribution is 2.29. The number of carbonyl (C=O) groups excluding carboxylic acids is 1. The van der Waals surface area contributed by atoms with Gasteiger partial charge in [-0.3, -0.25) is 9.59 Å². The first-order chi connectivity index (χ1) is 13.0. The van der Waals surface area contributed by atoms with Crippen molar-refractivity contribution in [3.63, 3.8) is 0 Å². The van der Waals surface area contributed by atoms with Crippen molar-refractivity contribution in [1.82, 2.24) is 5.32 Å². The summed E-state index contributed by atoms with van der Waals surface area (Å²) in [6, 6.07) is 13.0. The van der Waals surface area contributed by atoms with Gasteiger partial charge in [0.05, 0.1) is 13.5 Å². The van der Waals surface area contributed by atoms with Crippen LogP contribution in [-0.2, 0) is 22.6 Å². The van der Waals surface area contributed by atoms with Crippen LogP contribution in [0.15, 0.2) is 42.5 Å². The lowest BCUT2D eigenvalue weighted by Crippen LogP contribution is -2.26. The van der Waals surface area contributed by atoms with Gasteiger partial charge in [-0.2, -0.15) is 0 Å². The van der Waals surface area contributed by atoms with Crippen molar-refractivity contribution >= 4 is 23.5 Å². The molecular weight excluding hydrogens is 370 g/mol. The Labute approximate surface area is 163 Å². The lowest BCUT2D eigenvalue weighted by atomic mass is 10.1. The van der Waals surface area contributed by atoms with Gasteiger partial charge in [0.25, 0.3) is 0 Å². The van der Waals surface area contributed by atoms with Crippen molar-refractivity contribution in [3.8, 4) is 11.5 Å². The summed E-state index contributed by atoms with van der Waals surface area (Å²) in [5.41, 5.74) is 1.83. The van der Waals surface area contributed by atoms with Crippen molar-refractivity contribution < 1.29 is 24.2 Å². The fourth-order valence-corrected chi connectivity index (χ4v) is 2.61. The van der Waals surface area contributed by atoms with Crippen molar-refractivity contribution in [2.24, 2.45) is 0 Å². The molecule has 0 spiro atoms. The van der Waals surface area contributed by atoms with E-state index < -0.39 is 5.97 Å². The second kappa shape index (κ2) is 10.4. The fourth-order valence-electron chi connectivity index (χ4n) is 2.42. The zero-order chi connectivity index (χ0) is 19.6. The number of aliphatic carboxylic acids is 1. The van der Waals surface area contributed by atoms with Crippen LogP contribution in [0.3, 0.4) is 0 Å². The van der Waals surface area contributed by atoms with E-state index in [2.05, 4.69) is 5.32 Å². The highest BCUT2D eigenvalue weighted by Gasteiger charge is 2.09. The molecule has 0 aromatic heterocycles. The molecule has 27 heavy (non-hydrogen) atoms. The molecular formula is C20H22ClNO5. The van der Waals surface area contributed by atoms with Gasteiger partial charge in [0, 0.05) is 23.6 Å².